The molecular formula is C18H14ClFS. The van der Waals surface area contributed by atoms with Crippen molar-refractivity contribution in [1.29, 1.82) is 0 Å². The third-order valence-corrected chi connectivity index (χ3v) is 6.09. The maximum Gasteiger partial charge on any atom is 0.131 e. The van der Waals surface area contributed by atoms with Gasteiger partial charge in [0, 0.05) is 15.1 Å². The van der Waals surface area contributed by atoms with Crippen LogP contribution in [0.4, 0.5) is 4.39 Å². The van der Waals surface area contributed by atoms with E-state index in [-0.39, 0.29) is 11.2 Å². The van der Waals surface area contributed by atoms with E-state index in [2.05, 4.69) is 6.07 Å². The van der Waals surface area contributed by atoms with Crippen molar-refractivity contribution in [2.24, 2.45) is 0 Å². The Morgan fingerprint density at radius 1 is 1.05 bits per heavy atom. The zero-order valence-corrected chi connectivity index (χ0v) is 13.0. The Bertz CT molecular complexity index is 800. The normalized spacial score (nSPS) is 15.3. The zero-order chi connectivity index (χ0) is 14.4. The van der Waals surface area contributed by atoms with Crippen LogP contribution in [0.3, 0.4) is 0 Å². The van der Waals surface area contributed by atoms with E-state index in [0.29, 0.717) is 5.39 Å². The molecule has 0 amide bonds. The largest absolute Gasteiger partial charge is 0.206 e. The lowest BCUT2D eigenvalue weighted by Crippen LogP contribution is -1.94. The number of alkyl halides is 1. The van der Waals surface area contributed by atoms with Crippen LogP contribution in [0.2, 0.25) is 0 Å². The summed E-state index contributed by atoms with van der Waals surface area (Å²) in [5.74, 6) is -0.188. The fourth-order valence-electron chi connectivity index (χ4n) is 3.14. The molecule has 0 spiro atoms. The first-order chi connectivity index (χ1) is 10.2. The summed E-state index contributed by atoms with van der Waals surface area (Å²) in [6.07, 6.45) is 3.60. The zero-order valence-electron chi connectivity index (χ0n) is 11.4. The van der Waals surface area contributed by atoms with E-state index < -0.39 is 0 Å². The van der Waals surface area contributed by atoms with Crippen molar-refractivity contribution >= 4 is 33.7 Å². The molecule has 0 fully saturated rings. The van der Waals surface area contributed by atoms with Crippen molar-refractivity contribution in [3.8, 4) is 0 Å². The number of thiophene rings is 1. The Balaban J connectivity index is 1.83. The minimum atomic E-state index is -0.203. The van der Waals surface area contributed by atoms with E-state index in [4.69, 9.17) is 11.6 Å². The maximum atomic E-state index is 13.9. The van der Waals surface area contributed by atoms with Crippen LogP contribution in [0.25, 0.3) is 10.8 Å². The Kier molecular flexibility index (Phi) is 3.24. The average Bonchev–Trinajstić information content (AvgIpc) is 3.08. The monoisotopic (exact) mass is 316 g/mol. The van der Waals surface area contributed by atoms with Crippen LogP contribution >= 0.6 is 22.9 Å². The molecule has 1 unspecified atom stereocenters. The van der Waals surface area contributed by atoms with Crippen LogP contribution in [0.5, 0.6) is 0 Å². The fourth-order valence-corrected chi connectivity index (χ4v) is 4.78. The van der Waals surface area contributed by atoms with Gasteiger partial charge < -0.3 is 0 Å². The Morgan fingerprint density at radius 2 is 1.86 bits per heavy atom. The van der Waals surface area contributed by atoms with Crippen LogP contribution in [-0.2, 0) is 12.8 Å². The molecule has 0 nitrogen and oxygen atoms in total. The molecule has 2 aromatic carbocycles. The van der Waals surface area contributed by atoms with Crippen molar-refractivity contribution < 1.29 is 4.39 Å². The number of aryl methyl sites for hydroxylation is 2. The van der Waals surface area contributed by atoms with E-state index in [1.165, 1.54) is 40.6 Å². The molecule has 1 aliphatic carbocycles. The van der Waals surface area contributed by atoms with Gasteiger partial charge in [0.1, 0.15) is 5.82 Å². The summed E-state index contributed by atoms with van der Waals surface area (Å²) >= 11 is 8.53. The standard InChI is InChI=1S/C18H14ClFS/c19-18(17-10-11-4-3-7-16(11)21-17)14-8-9-15(20)13-6-2-1-5-12(13)14/h1-2,5-6,8-10,18H,3-4,7H2. The van der Waals surface area contributed by atoms with E-state index >= 15 is 0 Å². The summed E-state index contributed by atoms with van der Waals surface area (Å²) in [4.78, 5) is 2.65. The third kappa shape index (κ3) is 2.18. The van der Waals surface area contributed by atoms with Crippen LogP contribution < -0.4 is 0 Å². The molecule has 0 saturated carbocycles. The van der Waals surface area contributed by atoms with Gasteiger partial charge in [0.15, 0.2) is 0 Å². The molecule has 21 heavy (non-hydrogen) atoms. The first-order valence-corrected chi connectivity index (χ1v) is 8.42. The topological polar surface area (TPSA) is 0 Å². The summed E-state index contributed by atoms with van der Waals surface area (Å²) in [5, 5.41) is 1.35. The van der Waals surface area contributed by atoms with E-state index in [0.717, 1.165) is 10.9 Å². The summed E-state index contributed by atoms with van der Waals surface area (Å²) in [7, 11) is 0. The smallest absolute Gasteiger partial charge is 0.131 e. The summed E-state index contributed by atoms with van der Waals surface area (Å²) < 4.78 is 13.9. The summed E-state index contributed by atoms with van der Waals surface area (Å²) in [5.41, 5.74) is 2.45. The van der Waals surface area contributed by atoms with Crippen molar-refractivity contribution in [2.45, 2.75) is 24.6 Å². The van der Waals surface area contributed by atoms with E-state index in [1.54, 1.807) is 0 Å². The van der Waals surface area contributed by atoms with Gasteiger partial charge in [-0.15, -0.1) is 22.9 Å². The molecule has 0 aliphatic heterocycles. The number of fused-ring (bicyclic) bond motifs is 2. The number of halogens is 2. The van der Waals surface area contributed by atoms with Gasteiger partial charge in [-0.1, -0.05) is 30.3 Å². The van der Waals surface area contributed by atoms with E-state index in [1.807, 2.05) is 41.7 Å². The second-order valence-electron chi connectivity index (χ2n) is 5.50. The lowest BCUT2D eigenvalue weighted by Gasteiger charge is -2.12. The lowest BCUT2D eigenvalue weighted by molar-refractivity contribution is 0.639. The number of hydrogen-bond donors (Lipinski definition) is 0. The second-order valence-corrected chi connectivity index (χ2v) is 7.10. The van der Waals surface area contributed by atoms with Gasteiger partial charge >= 0.3 is 0 Å². The SMILES string of the molecule is Fc1ccc(C(Cl)c2cc3c(s2)CCC3)c2ccccc12. The molecule has 3 aromatic rings. The minimum absolute atomic E-state index is 0.188. The van der Waals surface area contributed by atoms with E-state index in [9.17, 15) is 4.39 Å². The van der Waals surface area contributed by atoms with Crippen LogP contribution in [0.15, 0.2) is 42.5 Å². The number of benzene rings is 2. The summed E-state index contributed by atoms with van der Waals surface area (Å²) in [6.45, 7) is 0. The molecule has 0 bridgehead atoms. The molecule has 1 aliphatic rings. The quantitative estimate of drug-likeness (QED) is 0.520. The molecular weight excluding hydrogens is 303 g/mol. The highest BCUT2D eigenvalue weighted by Crippen LogP contribution is 2.41. The first-order valence-electron chi connectivity index (χ1n) is 7.17. The van der Waals surface area contributed by atoms with Gasteiger partial charge in [-0.3, -0.25) is 0 Å². The molecule has 1 aromatic heterocycles. The highest BCUT2D eigenvalue weighted by atomic mass is 35.5. The molecule has 4 rings (SSSR count). The van der Waals surface area contributed by atoms with Gasteiger partial charge in [0.05, 0.1) is 5.38 Å². The molecule has 0 N–H and O–H groups in total. The first kappa shape index (κ1) is 13.3. The summed E-state index contributed by atoms with van der Waals surface area (Å²) in [6, 6.07) is 13.1. The second kappa shape index (κ2) is 5.11. The number of hydrogen-bond acceptors (Lipinski definition) is 1. The molecule has 106 valence electrons. The molecule has 1 atom stereocenters. The number of rotatable bonds is 2. The van der Waals surface area contributed by atoms with Gasteiger partial charge in [-0.2, -0.15) is 0 Å². The molecule has 3 heteroatoms. The third-order valence-electron chi connectivity index (χ3n) is 4.19. The van der Waals surface area contributed by atoms with Crippen molar-refractivity contribution in [3.63, 3.8) is 0 Å². The highest BCUT2D eigenvalue weighted by molar-refractivity contribution is 7.12. The van der Waals surface area contributed by atoms with Gasteiger partial charge in [0.2, 0.25) is 0 Å². The fraction of sp³-hybridized carbons (Fsp3) is 0.222. The van der Waals surface area contributed by atoms with Crippen LogP contribution in [0.1, 0.15) is 32.7 Å². The van der Waals surface area contributed by atoms with Crippen LogP contribution in [0, 0.1) is 5.82 Å². The Labute approximate surface area is 132 Å². The highest BCUT2D eigenvalue weighted by Gasteiger charge is 2.21. The average molecular weight is 317 g/mol. The Morgan fingerprint density at radius 3 is 2.67 bits per heavy atom. The van der Waals surface area contributed by atoms with Gasteiger partial charge in [-0.05, 0) is 47.9 Å². The van der Waals surface area contributed by atoms with Crippen molar-refractivity contribution in [3.05, 3.63) is 69.2 Å². The molecule has 1 heterocycles. The van der Waals surface area contributed by atoms with Crippen molar-refractivity contribution in [2.75, 3.05) is 0 Å². The maximum absolute atomic E-state index is 13.9. The molecule has 0 saturated heterocycles. The minimum Gasteiger partial charge on any atom is -0.206 e. The Hall–Kier alpha value is -1.38. The predicted molar refractivity (Wildman–Crippen MR) is 87.9 cm³/mol. The van der Waals surface area contributed by atoms with Crippen LogP contribution in [-0.4, -0.2) is 0 Å². The predicted octanol–water partition coefficient (Wildman–Crippen LogP) is 5.86. The van der Waals surface area contributed by atoms with Gasteiger partial charge in [-0.25, -0.2) is 4.39 Å². The van der Waals surface area contributed by atoms with Gasteiger partial charge in [0.25, 0.3) is 0 Å². The lowest BCUT2D eigenvalue weighted by atomic mass is 10.0. The van der Waals surface area contributed by atoms with Crippen molar-refractivity contribution in [1.82, 2.24) is 0 Å². The molecule has 0 radical (unpaired) electrons.